The topological polar surface area (TPSA) is 33.4 Å². The monoisotopic (exact) mass is 354 g/mol. The Balaban J connectivity index is 1.76. The Morgan fingerprint density at radius 3 is 2.72 bits per heavy atom. The van der Waals surface area contributed by atoms with E-state index in [0.29, 0.717) is 6.04 Å². The van der Waals surface area contributed by atoms with Crippen LogP contribution in [0.2, 0.25) is 0 Å². The van der Waals surface area contributed by atoms with Crippen LogP contribution in [0.5, 0.6) is 0 Å². The fourth-order valence-electron chi connectivity index (χ4n) is 3.71. The third-order valence-electron chi connectivity index (χ3n) is 5.16. The van der Waals surface area contributed by atoms with Gasteiger partial charge in [-0.25, -0.2) is 0 Å². The zero-order chi connectivity index (χ0) is 17.6. The molecule has 25 heavy (non-hydrogen) atoms. The van der Waals surface area contributed by atoms with E-state index in [-0.39, 0.29) is 17.6 Å². The van der Waals surface area contributed by atoms with Gasteiger partial charge in [0.2, 0.25) is 0 Å². The normalized spacial score (nSPS) is 26.0. The van der Waals surface area contributed by atoms with Gasteiger partial charge in [-0.2, -0.15) is 0 Å². The van der Waals surface area contributed by atoms with Gasteiger partial charge in [0.05, 0.1) is 11.7 Å². The molecule has 4 rings (SSSR count). The molecule has 1 saturated heterocycles. The van der Waals surface area contributed by atoms with Crippen LogP contribution in [0, 0.1) is 0 Å². The lowest BCUT2D eigenvalue weighted by atomic mass is 9.97. The first-order valence-corrected chi connectivity index (χ1v) is 10.1. The quantitative estimate of drug-likeness (QED) is 0.806. The van der Waals surface area contributed by atoms with E-state index in [1.54, 1.807) is 0 Å². The number of nitrogens with zero attached hydrogens (tertiary/aromatic N) is 4. The second kappa shape index (κ2) is 6.20. The Hall–Kier alpha value is -1.75. The molecule has 1 fully saturated rings. The number of aromatic nitrogens is 2. The molecule has 0 aromatic carbocycles. The summed E-state index contributed by atoms with van der Waals surface area (Å²) in [6.07, 6.45) is 7.53. The molecule has 0 amide bonds. The van der Waals surface area contributed by atoms with Crippen molar-refractivity contribution in [3.63, 3.8) is 0 Å². The molecule has 4 nitrogen and oxygen atoms in total. The van der Waals surface area contributed by atoms with Gasteiger partial charge in [0, 0.05) is 35.9 Å². The Morgan fingerprint density at radius 1 is 1.24 bits per heavy atom. The first kappa shape index (κ1) is 16.7. The minimum absolute atomic E-state index is 0.0777. The van der Waals surface area contributed by atoms with Crippen molar-refractivity contribution in [3.05, 3.63) is 54.1 Å². The SMILES string of the molecule is CC[C@@H]1CSC2=N[C@H](c3ccccn3)[C@H](c3ccn(C(C)(C)C)c3)N21. The van der Waals surface area contributed by atoms with Crippen LogP contribution in [0.15, 0.2) is 47.8 Å². The predicted molar refractivity (Wildman–Crippen MR) is 105 cm³/mol. The summed E-state index contributed by atoms with van der Waals surface area (Å²) < 4.78 is 2.31. The highest BCUT2D eigenvalue weighted by Crippen LogP contribution is 2.48. The molecule has 4 heterocycles. The van der Waals surface area contributed by atoms with Crippen molar-refractivity contribution in [2.75, 3.05) is 5.75 Å². The maximum atomic E-state index is 5.08. The van der Waals surface area contributed by atoms with Gasteiger partial charge in [-0.15, -0.1) is 0 Å². The molecule has 2 aliphatic rings. The summed E-state index contributed by atoms with van der Waals surface area (Å²) in [5, 5.41) is 1.19. The molecule has 0 spiro atoms. The van der Waals surface area contributed by atoms with Crippen molar-refractivity contribution in [1.82, 2.24) is 14.5 Å². The molecular formula is C20H26N4S. The zero-order valence-electron chi connectivity index (χ0n) is 15.4. The molecule has 5 heteroatoms. The van der Waals surface area contributed by atoms with Crippen LogP contribution in [0.4, 0.5) is 0 Å². The van der Waals surface area contributed by atoms with E-state index >= 15 is 0 Å². The lowest BCUT2D eigenvalue weighted by molar-refractivity contribution is 0.254. The van der Waals surface area contributed by atoms with E-state index in [2.05, 4.69) is 72.7 Å². The van der Waals surface area contributed by atoms with Gasteiger partial charge in [-0.3, -0.25) is 9.98 Å². The molecule has 0 aliphatic carbocycles. The molecule has 0 unspecified atom stereocenters. The number of fused-ring (bicyclic) bond motifs is 1. The van der Waals surface area contributed by atoms with E-state index in [1.165, 1.54) is 10.7 Å². The summed E-state index contributed by atoms with van der Waals surface area (Å²) >= 11 is 1.90. The summed E-state index contributed by atoms with van der Waals surface area (Å²) in [6.45, 7) is 9.00. The highest BCUT2D eigenvalue weighted by molar-refractivity contribution is 8.14. The molecule has 2 aromatic heterocycles. The number of hydrogen-bond donors (Lipinski definition) is 0. The summed E-state index contributed by atoms with van der Waals surface area (Å²) in [7, 11) is 0. The summed E-state index contributed by atoms with van der Waals surface area (Å²) in [6, 6.07) is 9.29. The fourth-order valence-corrected chi connectivity index (χ4v) is 5.05. The number of aliphatic imine (C=N–C) groups is 1. The Kier molecular flexibility index (Phi) is 4.14. The minimum Gasteiger partial charge on any atom is -0.349 e. The predicted octanol–water partition coefficient (Wildman–Crippen LogP) is 4.62. The second-order valence-electron chi connectivity index (χ2n) is 7.86. The minimum atomic E-state index is 0.0777. The average molecular weight is 355 g/mol. The number of pyridine rings is 1. The summed E-state index contributed by atoms with van der Waals surface area (Å²) in [5.41, 5.74) is 2.49. The third-order valence-corrected chi connectivity index (χ3v) is 6.29. The third kappa shape index (κ3) is 2.88. The molecule has 0 N–H and O–H groups in total. The van der Waals surface area contributed by atoms with Gasteiger partial charge >= 0.3 is 0 Å². The van der Waals surface area contributed by atoms with Crippen LogP contribution < -0.4 is 0 Å². The maximum absolute atomic E-state index is 5.08. The molecule has 2 aliphatic heterocycles. The van der Waals surface area contributed by atoms with Crippen LogP contribution in [0.1, 0.15) is 57.5 Å². The smallest absolute Gasteiger partial charge is 0.160 e. The fraction of sp³-hybridized carbons (Fsp3) is 0.500. The Bertz CT molecular complexity index is 774. The van der Waals surface area contributed by atoms with E-state index < -0.39 is 0 Å². The van der Waals surface area contributed by atoms with Crippen LogP contribution in [0.3, 0.4) is 0 Å². The van der Waals surface area contributed by atoms with Crippen molar-refractivity contribution in [2.24, 2.45) is 4.99 Å². The van der Waals surface area contributed by atoms with E-state index in [9.17, 15) is 0 Å². The van der Waals surface area contributed by atoms with Crippen LogP contribution >= 0.6 is 11.8 Å². The first-order chi connectivity index (χ1) is 12.0. The summed E-state index contributed by atoms with van der Waals surface area (Å²) in [4.78, 5) is 12.2. The lowest BCUT2D eigenvalue weighted by Crippen LogP contribution is -2.35. The van der Waals surface area contributed by atoms with Gasteiger partial charge < -0.3 is 9.47 Å². The average Bonchev–Trinajstić information content (AvgIpc) is 3.29. The van der Waals surface area contributed by atoms with Gasteiger partial charge in [-0.1, -0.05) is 24.8 Å². The van der Waals surface area contributed by atoms with Crippen LogP contribution in [-0.2, 0) is 5.54 Å². The van der Waals surface area contributed by atoms with E-state index in [4.69, 9.17) is 4.99 Å². The number of rotatable bonds is 3. The highest BCUT2D eigenvalue weighted by Gasteiger charge is 2.45. The lowest BCUT2D eigenvalue weighted by Gasteiger charge is -2.31. The Morgan fingerprint density at radius 2 is 2.08 bits per heavy atom. The van der Waals surface area contributed by atoms with Crippen molar-refractivity contribution in [1.29, 1.82) is 0 Å². The van der Waals surface area contributed by atoms with Gasteiger partial charge in [-0.05, 0) is 51.0 Å². The first-order valence-electron chi connectivity index (χ1n) is 9.07. The zero-order valence-corrected chi connectivity index (χ0v) is 16.2. The largest absolute Gasteiger partial charge is 0.349 e. The van der Waals surface area contributed by atoms with Crippen molar-refractivity contribution < 1.29 is 0 Å². The molecule has 0 saturated carbocycles. The van der Waals surface area contributed by atoms with Crippen molar-refractivity contribution in [3.8, 4) is 0 Å². The second-order valence-corrected chi connectivity index (χ2v) is 8.85. The molecule has 0 radical (unpaired) electrons. The Labute approximate surface area is 154 Å². The van der Waals surface area contributed by atoms with Crippen molar-refractivity contribution >= 4 is 16.9 Å². The highest BCUT2D eigenvalue weighted by atomic mass is 32.2. The van der Waals surface area contributed by atoms with Gasteiger partial charge in [0.1, 0.15) is 6.04 Å². The van der Waals surface area contributed by atoms with E-state index in [1.807, 2.05) is 24.0 Å². The number of hydrogen-bond acceptors (Lipinski definition) is 4. The molecule has 0 bridgehead atoms. The maximum Gasteiger partial charge on any atom is 0.160 e. The van der Waals surface area contributed by atoms with Gasteiger partial charge in [0.15, 0.2) is 5.17 Å². The van der Waals surface area contributed by atoms with Crippen LogP contribution in [0.25, 0.3) is 0 Å². The van der Waals surface area contributed by atoms with Crippen molar-refractivity contribution in [2.45, 2.75) is 57.8 Å². The molecule has 3 atom stereocenters. The molecule has 2 aromatic rings. The van der Waals surface area contributed by atoms with Gasteiger partial charge in [0.25, 0.3) is 0 Å². The summed E-state index contributed by atoms with van der Waals surface area (Å²) in [5.74, 6) is 1.14. The number of amidine groups is 1. The number of thioether (sulfide) groups is 1. The van der Waals surface area contributed by atoms with Crippen LogP contribution in [-0.4, -0.2) is 31.4 Å². The van der Waals surface area contributed by atoms with E-state index in [0.717, 1.165) is 17.9 Å². The standard InChI is InChI=1S/C20H26N4S/c1-5-15-13-25-19-22-17(16-8-6-7-10-21-16)18(24(15)19)14-9-11-23(12-14)20(2,3)4/h6-12,15,17-18H,5,13H2,1-4H3/t15-,17-,18+/m1/s1. The molecular weight excluding hydrogens is 328 g/mol. The molecule has 132 valence electrons.